The molecule has 1 saturated heterocycles. The van der Waals surface area contributed by atoms with Gasteiger partial charge in [-0.3, -0.25) is 19.2 Å². The zero-order valence-corrected chi connectivity index (χ0v) is 17.2. The van der Waals surface area contributed by atoms with Crippen molar-refractivity contribution in [3.63, 3.8) is 0 Å². The van der Waals surface area contributed by atoms with Crippen LogP contribution in [0.4, 0.5) is 0 Å². The molecule has 3 amide bonds. The maximum absolute atomic E-state index is 12.7. The maximum atomic E-state index is 12.7. The molecule has 3 unspecified atom stereocenters. The number of phenolic OH excluding ortho intramolecular Hbond substituents is 1. The molecule has 0 spiro atoms. The Morgan fingerprint density at radius 1 is 1.12 bits per heavy atom. The highest BCUT2D eigenvalue weighted by molar-refractivity contribution is 5.94. The van der Waals surface area contributed by atoms with Gasteiger partial charge in [0.15, 0.2) is 0 Å². The van der Waals surface area contributed by atoms with Gasteiger partial charge >= 0.3 is 11.9 Å². The number of carboxylic acid groups (broad SMARTS) is 2. The lowest BCUT2D eigenvalue weighted by atomic mass is 10.1. The Hall–Kier alpha value is -3.67. The molecule has 12 nitrogen and oxygen atoms in total. The summed E-state index contributed by atoms with van der Waals surface area (Å²) in [6.45, 7) is -0.404. The summed E-state index contributed by atoms with van der Waals surface area (Å²) in [5.74, 6) is -4.75. The molecule has 1 aromatic rings. The lowest BCUT2D eigenvalue weighted by Crippen LogP contribution is -2.54. The molecule has 32 heavy (non-hydrogen) atoms. The van der Waals surface area contributed by atoms with Crippen molar-refractivity contribution in [3.8, 4) is 5.75 Å². The highest BCUT2D eigenvalue weighted by Gasteiger charge is 2.38. The second kappa shape index (κ2) is 11.1. The number of benzene rings is 1. The van der Waals surface area contributed by atoms with Gasteiger partial charge in [-0.2, -0.15) is 0 Å². The van der Waals surface area contributed by atoms with E-state index in [-0.39, 0.29) is 25.1 Å². The SMILES string of the molecule is NC(Cc1ccc(O)cc1)C(=O)NCC(=O)NC(CC(=O)O)C(=O)N1CCCC1C(=O)O. The molecule has 0 bridgehead atoms. The number of nitrogens with two attached hydrogens (primary N) is 1. The van der Waals surface area contributed by atoms with E-state index in [2.05, 4.69) is 10.6 Å². The molecule has 3 atom stereocenters. The summed E-state index contributed by atoms with van der Waals surface area (Å²) in [6.07, 6.45) is 0.107. The average molecular weight is 450 g/mol. The van der Waals surface area contributed by atoms with E-state index in [0.29, 0.717) is 12.0 Å². The first-order chi connectivity index (χ1) is 15.1. The van der Waals surface area contributed by atoms with Crippen LogP contribution in [0.1, 0.15) is 24.8 Å². The number of aliphatic carboxylic acids is 2. The van der Waals surface area contributed by atoms with Crippen LogP contribution in [0.5, 0.6) is 5.75 Å². The number of carbonyl (C=O) groups excluding carboxylic acids is 3. The van der Waals surface area contributed by atoms with Gasteiger partial charge in [0.25, 0.3) is 0 Å². The van der Waals surface area contributed by atoms with Crippen LogP contribution < -0.4 is 16.4 Å². The first-order valence-electron chi connectivity index (χ1n) is 9.94. The van der Waals surface area contributed by atoms with Gasteiger partial charge < -0.3 is 36.6 Å². The lowest BCUT2D eigenvalue weighted by molar-refractivity contribution is -0.150. The van der Waals surface area contributed by atoms with E-state index >= 15 is 0 Å². The number of carbonyl (C=O) groups is 5. The van der Waals surface area contributed by atoms with Crippen molar-refractivity contribution in [2.24, 2.45) is 5.73 Å². The number of hydrogen-bond donors (Lipinski definition) is 6. The molecule has 12 heteroatoms. The standard InChI is InChI=1S/C20H26N4O8/c21-13(8-11-3-5-12(25)6-4-11)18(29)22-10-16(26)23-14(9-17(27)28)19(30)24-7-1-2-15(24)20(31)32/h3-6,13-15,25H,1-2,7-10,21H2,(H,22,29)(H,23,26)(H,27,28)(H,31,32). The molecule has 1 fully saturated rings. The van der Waals surface area contributed by atoms with E-state index in [4.69, 9.17) is 10.8 Å². The second-order valence-electron chi connectivity index (χ2n) is 7.44. The molecule has 0 saturated carbocycles. The summed E-state index contributed by atoms with van der Waals surface area (Å²) in [6, 6.07) is 2.56. The molecule has 1 aliphatic rings. The van der Waals surface area contributed by atoms with Crippen LogP contribution in [0, 0.1) is 0 Å². The summed E-state index contributed by atoms with van der Waals surface area (Å²) >= 11 is 0. The highest BCUT2D eigenvalue weighted by atomic mass is 16.4. The monoisotopic (exact) mass is 450 g/mol. The summed E-state index contributed by atoms with van der Waals surface area (Å²) in [5, 5.41) is 32.1. The molecule has 1 aromatic carbocycles. The molecule has 2 rings (SSSR count). The topological polar surface area (TPSA) is 199 Å². The molecular weight excluding hydrogens is 424 g/mol. The molecule has 0 aromatic heterocycles. The van der Waals surface area contributed by atoms with Crippen LogP contribution in [0.15, 0.2) is 24.3 Å². The molecule has 1 heterocycles. The third-order valence-electron chi connectivity index (χ3n) is 4.98. The predicted molar refractivity (Wildman–Crippen MR) is 109 cm³/mol. The molecule has 174 valence electrons. The molecule has 0 aliphatic carbocycles. The minimum atomic E-state index is -1.47. The number of aromatic hydroxyl groups is 1. The Kier molecular flexibility index (Phi) is 8.53. The predicted octanol–water partition coefficient (Wildman–Crippen LogP) is -1.59. The van der Waals surface area contributed by atoms with E-state index < -0.39 is 60.8 Å². The van der Waals surface area contributed by atoms with Gasteiger partial charge in [-0.25, -0.2) is 4.79 Å². The summed E-state index contributed by atoms with van der Waals surface area (Å²) in [4.78, 5) is 60.5. The Labute approximate surface area is 183 Å². The first kappa shape index (κ1) is 24.6. The number of nitrogens with zero attached hydrogens (tertiary/aromatic N) is 1. The van der Waals surface area contributed by atoms with Gasteiger partial charge in [0.1, 0.15) is 17.8 Å². The van der Waals surface area contributed by atoms with Gasteiger partial charge in [-0.1, -0.05) is 12.1 Å². The van der Waals surface area contributed by atoms with Gasteiger partial charge in [-0.15, -0.1) is 0 Å². The Morgan fingerprint density at radius 3 is 2.38 bits per heavy atom. The van der Waals surface area contributed by atoms with Crippen LogP contribution >= 0.6 is 0 Å². The largest absolute Gasteiger partial charge is 0.508 e. The van der Waals surface area contributed by atoms with Crippen LogP contribution in [0.3, 0.4) is 0 Å². The van der Waals surface area contributed by atoms with Gasteiger partial charge in [-0.05, 0) is 37.0 Å². The smallest absolute Gasteiger partial charge is 0.326 e. The van der Waals surface area contributed by atoms with Crippen molar-refractivity contribution in [2.45, 2.75) is 43.8 Å². The number of hydrogen-bond acceptors (Lipinski definition) is 7. The minimum Gasteiger partial charge on any atom is -0.508 e. The van der Waals surface area contributed by atoms with Crippen LogP contribution in [0.25, 0.3) is 0 Å². The molecule has 1 aliphatic heterocycles. The van der Waals surface area contributed by atoms with E-state index in [1.165, 1.54) is 12.1 Å². The number of nitrogens with one attached hydrogen (secondary N) is 2. The van der Waals surface area contributed by atoms with Crippen molar-refractivity contribution < 1.29 is 39.3 Å². The molecular formula is C20H26N4O8. The van der Waals surface area contributed by atoms with Crippen LogP contribution in [-0.2, 0) is 30.4 Å². The Balaban J connectivity index is 1.91. The zero-order valence-electron chi connectivity index (χ0n) is 17.2. The van der Waals surface area contributed by atoms with Crippen molar-refractivity contribution in [1.29, 1.82) is 0 Å². The molecule has 7 N–H and O–H groups in total. The normalized spacial score (nSPS) is 17.3. The fourth-order valence-corrected chi connectivity index (χ4v) is 3.38. The summed E-state index contributed by atoms with van der Waals surface area (Å²) in [5.41, 5.74) is 6.51. The molecule has 0 radical (unpaired) electrons. The number of amides is 3. The third kappa shape index (κ3) is 6.94. The number of likely N-dealkylation sites (tertiary alicyclic amines) is 1. The maximum Gasteiger partial charge on any atom is 0.326 e. The quantitative estimate of drug-likeness (QED) is 0.243. The van der Waals surface area contributed by atoms with Crippen molar-refractivity contribution >= 4 is 29.7 Å². The Bertz CT molecular complexity index is 873. The van der Waals surface area contributed by atoms with E-state index in [0.717, 1.165) is 4.90 Å². The van der Waals surface area contributed by atoms with Crippen LogP contribution in [-0.4, -0.2) is 81.1 Å². The van der Waals surface area contributed by atoms with E-state index in [9.17, 15) is 34.2 Å². The number of rotatable bonds is 10. The fourth-order valence-electron chi connectivity index (χ4n) is 3.38. The first-order valence-corrected chi connectivity index (χ1v) is 9.94. The second-order valence-corrected chi connectivity index (χ2v) is 7.44. The van der Waals surface area contributed by atoms with Crippen molar-refractivity contribution in [3.05, 3.63) is 29.8 Å². The third-order valence-corrected chi connectivity index (χ3v) is 4.98. The Morgan fingerprint density at radius 2 is 1.78 bits per heavy atom. The van der Waals surface area contributed by atoms with Gasteiger partial charge in [0, 0.05) is 6.54 Å². The highest BCUT2D eigenvalue weighted by Crippen LogP contribution is 2.19. The zero-order chi connectivity index (χ0) is 23.8. The summed E-state index contributed by atoms with van der Waals surface area (Å²) < 4.78 is 0. The lowest BCUT2D eigenvalue weighted by Gasteiger charge is -2.26. The van der Waals surface area contributed by atoms with Crippen LogP contribution in [0.2, 0.25) is 0 Å². The average Bonchev–Trinajstić information content (AvgIpc) is 3.22. The van der Waals surface area contributed by atoms with Crippen molar-refractivity contribution in [1.82, 2.24) is 15.5 Å². The van der Waals surface area contributed by atoms with E-state index in [1.54, 1.807) is 12.1 Å². The van der Waals surface area contributed by atoms with Crippen molar-refractivity contribution in [2.75, 3.05) is 13.1 Å². The van der Waals surface area contributed by atoms with E-state index in [1.807, 2.05) is 0 Å². The van der Waals surface area contributed by atoms with Gasteiger partial charge in [0.05, 0.1) is 19.0 Å². The number of carboxylic acids is 2. The summed E-state index contributed by atoms with van der Waals surface area (Å²) in [7, 11) is 0. The minimum absolute atomic E-state index is 0.0671. The van der Waals surface area contributed by atoms with Gasteiger partial charge in [0.2, 0.25) is 17.7 Å². The number of phenols is 1. The fraction of sp³-hybridized carbons (Fsp3) is 0.450.